The lowest BCUT2D eigenvalue weighted by Gasteiger charge is -2.26. The second-order valence-electron chi connectivity index (χ2n) is 4.47. The van der Waals surface area contributed by atoms with Crippen molar-refractivity contribution in [3.05, 3.63) is 17.7 Å². The fraction of sp³-hybridized carbons (Fsp3) is 0.667. The van der Waals surface area contributed by atoms with Gasteiger partial charge in [-0.1, -0.05) is 13.3 Å². The van der Waals surface area contributed by atoms with E-state index in [0.29, 0.717) is 11.6 Å². The predicted molar refractivity (Wildman–Crippen MR) is 59.0 cm³/mol. The fourth-order valence-electron chi connectivity index (χ4n) is 2.46. The highest BCUT2D eigenvalue weighted by Crippen LogP contribution is 2.35. The molecule has 0 spiro atoms. The third-order valence-corrected chi connectivity index (χ3v) is 3.55. The van der Waals surface area contributed by atoms with Crippen LogP contribution in [0.1, 0.15) is 61.3 Å². The molecule has 82 valence electrons. The van der Waals surface area contributed by atoms with E-state index in [1.165, 1.54) is 32.1 Å². The van der Waals surface area contributed by atoms with Crippen LogP contribution in [0.2, 0.25) is 0 Å². The number of carbonyl (C=O) groups is 1. The van der Waals surface area contributed by atoms with E-state index in [4.69, 9.17) is 0 Å². The average molecular weight is 206 g/mol. The molecule has 1 fully saturated rings. The molecule has 1 aromatic heterocycles. The van der Waals surface area contributed by atoms with Gasteiger partial charge in [-0.2, -0.15) is 0 Å². The highest BCUT2D eigenvalue weighted by Gasteiger charge is 2.23. The first kappa shape index (κ1) is 10.4. The lowest BCUT2D eigenvalue weighted by molar-refractivity contribution is 0.111. The van der Waals surface area contributed by atoms with Crippen LogP contribution in [-0.2, 0) is 0 Å². The molecule has 0 saturated heterocycles. The van der Waals surface area contributed by atoms with Crippen LogP contribution in [0.3, 0.4) is 0 Å². The summed E-state index contributed by atoms with van der Waals surface area (Å²) in [4.78, 5) is 17.9. The van der Waals surface area contributed by atoms with E-state index in [1.807, 2.05) is 0 Å². The lowest BCUT2D eigenvalue weighted by atomic mass is 9.80. The van der Waals surface area contributed by atoms with Crippen LogP contribution in [0, 0.1) is 5.92 Å². The molecular weight excluding hydrogens is 188 g/mol. The largest absolute Gasteiger partial charge is 0.340 e. The van der Waals surface area contributed by atoms with Crippen molar-refractivity contribution in [2.45, 2.75) is 44.9 Å². The van der Waals surface area contributed by atoms with Gasteiger partial charge in [-0.25, -0.2) is 4.98 Å². The average Bonchev–Trinajstić information content (AvgIpc) is 2.78. The second-order valence-corrected chi connectivity index (χ2v) is 4.47. The molecule has 3 heteroatoms. The zero-order valence-electron chi connectivity index (χ0n) is 9.20. The van der Waals surface area contributed by atoms with Gasteiger partial charge >= 0.3 is 0 Å². The first-order chi connectivity index (χ1) is 7.33. The third kappa shape index (κ3) is 2.28. The van der Waals surface area contributed by atoms with Crippen molar-refractivity contribution in [3.8, 4) is 0 Å². The van der Waals surface area contributed by atoms with Gasteiger partial charge in [0.15, 0.2) is 6.29 Å². The Bertz CT molecular complexity index is 324. The van der Waals surface area contributed by atoms with Crippen LogP contribution in [0.5, 0.6) is 0 Å². The van der Waals surface area contributed by atoms with Crippen LogP contribution in [0.15, 0.2) is 6.20 Å². The Balaban J connectivity index is 1.97. The monoisotopic (exact) mass is 206 g/mol. The number of nitrogens with one attached hydrogen (secondary N) is 1. The molecule has 0 amide bonds. The summed E-state index contributed by atoms with van der Waals surface area (Å²) in [6.07, 6.45) is 8.79. The fourth-order valence-corrected chi connectivity index (χ4v) is 2.46. The van der Waals surface area contributed by atoms with Gasteiger partial charge in [0, 0.05) is 5.92 Å². The predicted octanol–water partition coefficient (Wildman–Crippen LogP) is 2.91. The number of nitrogens with zero attached hydrogens (tertiary/aromatic N) is 1. The van der Waals surface area contributed by atoms with Crippen molar-refractivity contribution in [3.63, 3.8) is 0 Å². The lowest BCUT2D eigenvalue weighted by Crippen LogP contribution is -2.13. The highest BCUT2D eigenvalue weighted by atomic mass is 16.1. The van der Waals surface area contributed by atoms with Crippen molar-refractivity contribution >= 4 is 6.29 Å². The van der Waals surface area contributed by atoms with Crippen molar-refractivity contribution in [2.24, 2.45) is 5.92 Å². The third-order valence-electron chi connectivity index (χ3n) is 3.55. The van der Waals surface area contributed by atoms with E-state index >= 15 is 0 Å². The molecule has 15 heavy (non-hydrogen) atoms. The number of imidazole rings is 1. The van der Waals surface area contributed by atoms with Gasteiger partial charge in [0.1, 0.15) is 5.82 Å². The first-order valence-corrected chi connectivity index (χ1v) is 5.83. The van der Waals surface area contributed by atoms with E-state index in [0.717, 1.165) is 18.0 Å². The molecule has 0 radical (unpaired) electrons. The molecule has 2 rings (SSSR count). The molecule has 3 nitrogen and oxygen atoms in total. The molecule has 1 aliphatic rings. The quantitative estimate of drug-likeness (QED) is 0.773. The minimum absolute atomic E-state index is 0.543. The maximum Gasteiger partial charge on any atom is 0.167 e. The highest BCUT2D eigenvalue weighted by molar-refractivity contribution is 5.71. The van der Waals surface area contributed by atoms with Crippen LogP contribution >= 0.6 is 0 Å². The Labute approximate surface area is 90.3 Å². The van der Waals surface area contributed by atoms with Gasteiger partial charge in [0.2, 0.25) is 0 Å². The molecule has 1 aromatic rings. The summed E-state index contributed by atoms with van der Waals surface area (Å²) in [6, 6.07) is 0. The summed E-state index contributed by atoms with van der Waals surface area (Å²) in [5, 5.41) is 0. The Kier molecular flexibility index (Phi) is 3.19. The molecule has 0 aromatic carbocycles. The number of hydrogen-bond acceptors (Lipinski definition) is 2. The van der Waals surface area contributed by atoms with Crippen LogP contribution in [0.4, 0.5) is 0 Å². The maximum atomic E-state index is 10.5. The van der Waals surface area contributed by atoms with Gasteiger partial charge in [-0.3, -0.25) is 4.79 Å². The molecule has 1 aliphatic carbocycles. The molecule has 0 bridgehead atoms. The van der Waals surface area contributed by atoms with E-state index < -0.39 is 0 Å². The molecule has 0 atom stereocenters. The minimum Gasteiger partial charge on any atom is -0.340 e. The van der Waals surface area contributed by atoms with Crippen molar-refractivity contribution in [2.75, 3.05) is 0 Å². The standard InChI is InChI=1S/C12H18N2O/c1-2-9-3-5-10(6-4-9)12-13-7-11(8-15)14-12/h7-10H,2-6H2,1H3,(H,13,14). The summed E-state index contributed by atoms with van der Waals surface area (Å²) in [7, 11) is 0. The Morgan fingerprint density at radius 2 is 2.20 bits per heavy atom. The number of aromatic nitrogens is 2. The van der Waals surface area contributed by atoms with Gasteiger partial charge < -0.3 is 4.98 Å². The molecular formula is C12H18N2O. The van der Waals surface area contributed by atoms with Crippen molar-refractivity contribution in [1.29, 1.82) is 0 Å². The van der Waals surface area contributed by atoms with Crippen molar-refractivity contribution in [1.82, 2.24) is 9.97 Å². The summed E-state index contributed by atoms with van der Waals surface area (Å²) in [5.41, 5.74) is 0.600. The van der Waals surface area contributed by atoms with E-state index in [1.54, 1.807) is 6.20 Å². The number of aromatic amines is 1. The van der Waals surface area contributed by atoms with Crippen LogP contribution < -0.4 is 0 Å². The van der Waals surface area contributed by atoms with Gasteiger partial charge in [0.05, 0.1) is 11.9 Å². The zero-order valence-corrected chi connectivity index (χ0v) is 9.20. The Morgan fingerprint density at radius 3 is 2.73 bits per heavy atom. The number of carbonyl (C=O) groups excluding carboxylic acids is 1. The summed E-state index contributed by atoms with van der Waals surface area (Å²) in [5.74, 6) is 2.45. The summed E-state index contributed by atoms with van der Waals surface area (Å²) in [6.45, 7) is 2.27. The molecule has 0 unspecified atom stereocenters. The van der Waals surface area contributed by atoms with Crippen molar-refractivity contribution < 1.29 is 4.79 Å². The normalized spacial score (nSPS) is 26.5. The maximum absolute atomic E-state index is 10.5. The molecule has 1 N–H and O–H groups in total. The van der Waals surface area contributed by atoms with Gasteiger partial charge in [-0.15, -0.1) is 0 Å². The number of H-pyrrole nitrogens is 1. The smallest absolute Gasteiger partial charge is 0.167 e. The summed E-state index contributed by atoms with van der Waals surface area (Å²) < 4.78 is 0. The number of rotatable bonds is 3. The first-order valence-electron chi connectivity index (χ1n) is 5.83. The molecule has 1 saturated carbocycles. The Morgan fingerprint density at radius 1 is 1.47 bits per heavy atom. The number of aldehydes is 1. The van der Waals surface area contributed by atoms with E-state index in [2.05, 4.69) is 16.9 Å². The number of hydrogen-bond donors (Lipinski definition) is 1. The minimum atomic E-state index is 0.543. The molecule has 1 heterocycles. The zero-order chi connectivity index (χ0) is 10.7. The van der Waals surface area contributed by atoms with E-state index in [9.17, 15) is 4.79 Å². The molecule has 0 aliphatic heterocycles. The van der Waals surface area contributed by atoms with Crippen LogP contribution in [-0.4, -0.2) is 16.3 Å². The van der Waals surface area contributed by atoms with Crippen LogP contribution in [0.25, 0.3) is 0 Å². The van der Waals surface area contributed by atoms with E-state index in [-0.39, 0.29) is 0 Å². The van der Waals surface area contributed by atoms with Gasteiger partial charge in [0.25, 0.3) is 0 Å². The SMILES string of the molecule is CCC1CCC(c2ncc(C=O)[nH]2)CC1. The summed E-state index contributed by atoms with van der Waals surface area (Å²) >= 11 is 0. The second kappa shape index (κ2) is 4.60. The topological polar surface area (TPSA) is 45.8 Å². The Hall–Kier alpha value is -1.12. The van der Waals surface area contributed by atoms with Gasteiger partial charge in [-0.05, 0) is 31.6 Å².